The first-order valence-corrected chi connectivity index (χ1v) is 11.6. The molecule has 2 saturated carbocycles. The minimum Gasteiger partial charge on any atom is -0.458 e. The van der Waals surface area contributed by atoms with Crippen LogP contribution < -0.4 is 0 Å². The van der Waals surface area contributed by atoms with Crippen LogP contribution >= 0.6 is 0 Å². The van der Waals surface area contributed by atoms with Crippen molar-refractivity contribution in [3.63, 3.8) is 0 Å². The fourth-order valence-corrected chi connectivity index (χ4v) is 6.09. The molecule has 1 aliphatic heterocycles. The number of carbonyl (C=O) groups is 3. The van der Waals surface area contributed by atoms with Crippen molar-refractivity contribution in [1.29, 1.82) is 0 Å². The number of ketones is 1. The molecule has 0 aromatic heterocycles. The van der Waals surface area contributed by atoms with Crippen molar-refractivity contribution in [2.45, 2.75) is 58.7 Å². The molecule has 3 aliphatic rings. The van der Waals surface area contributed by atoms with Gasteiger partial charge in [-0.05, 0) is 37.0 Å². The van der Waals surface area contributed by atoms with E-state index in [2.05, 4.69) is 0 Å². The highest BCUT2D eigenvalue weighted by Crippen LogP contribution is 2.63. The van der Waals surface area contributed by atoms with Gasteiger partial charge < -0.3 is 14.6 Å². The van der Waals surface area contributed by atoms with E-state index >= 15 is 0 Å². The van der Waals surface area contributed by atoms with Crippen molar-refractivity contribution in [2.24, 2.45) is 22.7 Å². The molecule has 1 aromatic carbocycles. The van der Waals surface area contributed by atoms with Crippen molar-refractivity contribution in [1.82, 2.24) is 0 Å². The van der Waals surface area contributed by atoms with Gasteiger partial charge in [-0.1, -0.05) is 51.1 Å². The predicted molar refractivity (Wildman–Crippen MR) is 122 cm³/mol. The number of hydrogen-bond donors (Lipinski definition) is 1. The Balaban J connectivity index is 1.73. The van der Waals surface area contributed by atoms with Crippen molar-refractivity contribution in [3.8, 4) is 0 Å². The first-order valence-electron chi connectivity index (χ1n) is 11.6. The zero-order chi connectivity index (χ0) is 24.0. The second-order valence-corrected chi connectivity index (χ2v) is 10.3. The van der Waals surface area contributed by atoms with Crippen LogP contribution in [0.4, 0.5) is 0 Å². The van der Waals surface area contributed by atoms with Gasteiger partial charge in [0.25, 0.3) is 0 Å². The monoisotopic (exact) mass is 452 g/mol. The van der Waals surface area contributed by atoms with E-state index < -0.39 is 28.5 Å². The van der Waals surface area contributed by atoms with Crippen molar-refractivity contribution in [3.05, 3.63) is 59.7 Å². The van der Waals surface area contributed by atoms with Gasteiger partial charge in [0.1, 0.15) is 18.5 Å². The Hall–Kier alpha value is -2.73. The van der Waals surface area contributed by atoms with Gasteiger partial charge in [0.15, 0.2) is 0 Å². The first kappa shape index (κ1) is 23.4. The molecule has 0 amide bonds. The second kappa shape index (κ2) is 8.24. The molecule has 1 N–H and O–H groups in total. The van der Waals surface area contributed by atoms with Gasteiger partial charge in [-0.3, -0.25) is 4.79 Å². The molecule has 6 heteroatoms. The zero-order valence-corrected chi connectivity index (χ0v) is 19.7. The molecule has 6 nitrogen and oxygen atoms in total. The third-order valence-electron chi connectivity index (χ3n) is 8.59. The van der Waals surface area contributed by atoms with E-state index in [0.29, 0.717) is 18.4 Å². The largest absolute Gasteiger partial charge is 0.458 e. The maximum atomic E-state index is 13.0. The van der Waals surface area contributed by atoms with Gasteiger partial charge in [-0.15, -0.1) is 0 Å². The van der Waals surface area contributed by atoms with E-state index in [4.69, 9.17) is 9.47 Å². The Morgan fingerprint density at radius 1 is 1.18 bits per heavy atom. The summed E-state index contributed by atoms with van der Waals surface area (Å²) in [5, 5.41) is 11.7. The highest BCUT2D eigenvalue weighted by Gasteiger charge is 2.66. The Morgan fingerprint density at radius 2 is 1.88 bits per heavy atom. The van der Waals surface area contributed by atoms with Crippen LogP contribution in [0.5, 0.6) is 0 Å². The summed E-state index contributed by atoms with van der Waals surface area (Å²) in [6, 6.07) is 8.78. The van der Waals surface area contributed by atoms with Crippen LogP contribution in [0, 0.1) is 22.7 Å². The molecule has 0 bridgehead atoms. The van der Waals surface area contributed by atoms with Crippen LogP contribution in [-0.4, -0.2) is 41.1 Å². The third-order valence-corrected chi connectivity index (χ3v) is 8.59. The molecule has 1 heterocycles. The molecular weight excluding hydrogens is 420 g/mol. The molecule has 2 aliphatic carbocycles. The Bertz CT molecular complexity index is 1020. The number of aliphatic hydroxyl groups is 1. The molecule has 4 rings (SSSR count). The number of cyclic esters (lactones) is 1. The SMILES string of the molecule is CC1C(=O)CCC2C1(C)C(OC(=O)c1ccccc1)CC(C)(O)C2(C)C=CC1=CC(=O)OC1. The van der Waals surface area contributed by atoms with Crippen LogP contribution in [0.2, 0.25) is 0 Å². The highest BCUT2D eigenvalue weighted by molar-refractivity contribution is 5.89. The van der Waals surface area contributed by atoms with Gasteiger partial charge >= 0.3 is 11.9 Å². The Morgan fingerprint density at radius 3 is 2.52 bits per heavy atom. The topological polar surface area (TPSA) is 89.9 Å². The quantitative estimate of drug-likeness (QED) is 0.694. The molecule has 2 fully saturated rings. The van der Waals surface area contributed by atoms with Crippen LogP contribution in [-0.2, 0) is 19.1 Å². The van der Waals surface area contributed by atoms with E-state index in [1.807, 2.05) is 39.0 Å². The van der Waals surface area contributed by atoms with Crippen molar-refractivity contribution in [2.75, 3.05) is 6.61 Å². The van der Waals surface area contributed by atoms with Gasteiger partial charge in [-0.2, -0.15) is 0 Å². The molecule has 0 saturated heterocycles. The van der Waals surface area contributed by atoms with Crippen LogP contribution in [0.15, 0.2) is 54.1 Å². The first-order chi connectivity index (χ1) is 15.5. The average molecular weight is 453 g/mol. The summed E-state index contributed by atoms with van der Waals surface area (Å²) in [6.07, 6.45) is 5.84. The number of hydrogen-bond acceptors (Lipinski definition) is 6. The standard InChI is InChI=1S/C27H32O6/c1-17-20(28)10-11-21-25(2,13-12-18-14-23(29)32-16-18)26(3,31)15-22(27(17,21)4)33-24(30)19-8-6-5-7-9-19/h5-9,12-14,17,21-22,31H,10-11,15-16H2,1-4H3. The van der Waals surface area contributed by atoms with Gasteiger partial charge in [0.05, 0.1) is 11.2 Å². The Labute approximate surface area is 194 Å². The van der Waals surface area contributed by atoms with E-state index in [-0.39, 0.29) is 36.6 Å². The maximum Gasteiger partial charge on any atom is 0.338 e. The molecule has 6 unspecified atom stereocenters. The fraction of sp³-hybridized carbons (Fsp3) is 0.519. The number of rotatable bonds is 4. The van der Waals surface area contributed by atoms with E-state index in [1.54, 1.807) is 31.2 Å². The summed E-state index contributed by atoms with van der Waals surface area (Å²) >= 11 is 0. The van der Waals surface area contributed by atoms with Crippen LogP contribution in [0.1, 0.15) is 57.3 Å². The normalized spacial score (nSPS) is 38.6. The molecule has 1 aromatic rings. The average Bonchev–Trinajstić information content (AvgIpc) is 3.20. The van der Waals surface area contributed by atoms with E-state index in [9.17, 15) is 19.5 Å². The lowest BCUT2D eigenvalue weighted by Crippen LogP contribution is -2.67. The molecule has 6 atom stereocenters. The Kier molecular flexibility index (Phi) is 5.85. The van der Waals surface area contributed by atoms with E-state index in [1.165, 1.54) is 6.08 Å². The van der Waals surface area contributed by atoms with Gasteiger partial charge in [0, 0.05) is 35.7 Å². The number of ether oxygens (including phenoxy) is 2. The number of esters is 2. The molecule has 33 heavy (non-hydrogen) atoms. The lowest BCUT2D eigenvalue weighted by Gasteiger charge is -2.63. The van der Waals surface area contributed by atoms with Gasteiger partial charge in [-0.25, -0.2) is 9.59 Å². The number of benzene rings is 1. The minimum absolute atomic E-state index is 0.120. The summed E-state index contributed by atoms with van der Waals surface area (Å²) in [6.45, 7) is 7.91. The smallest absolute Gasteiger partial charge is 0.338 e. The summed E-state index contributed by atoms with van der Waals surface area (Å²) in [7, 11) is 0. The lowest BCUT2D eigenvalue weighted by molar-refractivity contribution is -0.218. The number of carbonyl (C=O) groups excluding carboxylic acids is 3. The number of Topliss-reactive ketones (excluding diaryl/α,β-unsaturated/α-hetero) is 1. The summed E-state index contributed by atoms with van der Waals surface area (Å²) < 4.78 is 11.0. The fourth-order valence-electron chi connectivity index (χ4n) is 6.09. The van der Waals surface area contributed by atoms with Crippen molar-refractivity contribution >= 4 is 17.7 Å². The van der Waals surface area contributed by atoms with Crippen LogP contribution in [0.25, 0.3) is 0 Å². The molecule has 176 valence electrons. The third kappa shape index (κ3) is 3.84. The lowest BCUT2D eigenvalue weighted by atomic mass is 9.43. The summed E-state index contributed by atoms with van der Waals surface area (Å²) in [5.74, 6) is -1.12. The van der Waals surface area contributed by atoms with Crippen molar-refractivity contribution < 1.29 is 29.0 Å². The summed E-state index contributed by atoms with van der Waals surface area (Å²) in [4.78, 5) is 37.3. The minimum atomic E-state index is -1.21. The van der Waals surface area contributed by atoms with Gasteiger partial charge in [0.2, 0.25) is 0 Å². The number of fused-ring (bicyclic) bond motifs is 1. The highest BCUT2D eigenvalue weighted by atomic mass is 16.5. The molecular formula is C27H32O6. The zero-order valence-electron chi connectivity index (χ0n) is 19.7. The van der Waals surface area contributed by atoms with E-state index in [0.717, 1.165) is 5.57 Å². The maximum absolute atomic E-state index is 13.0. The molecule has 0 radical (unpaired) electrons. The van der Waals surface area contributed by atoms with Crippen LogP contribution in [0.3, 0.4) is 0 Å². The summed E-state index contributed by atoms with van der Waals surface area (Å²) in [5.41, 5.74) is -1.38. The molecule has 0 spiro atoms. The predicted octanol–water partition coefficient (Wildman–Crippen LogP) is 4.03. The second-order valence-electron chi connectivity index (χ2n) is 10.3.